The van der Waals surface area contributed by atoms with Gasteiger partial charge in [0.15, 0.2) is 0 Å². The molecular formula is C26H41N3O6. The molecule has 0 aromatic heterocycles. The number of hydrogen-bond acceptors (Lipinski definition) is 6. The largest absolute Gasteiger partial charge is 0.468 e. The number of benzene rings is 1. The number of nitrogens with one attached hydrogen (secondary N) is 2. The predicted octanol–water partition coefficient (Wildman–Crippen LogP) is 3.56. The Labute approximate surface area is 208 Å². The average molecular weight is 492 g/mol. The Morgan fingerprint density at radius 1 is 1.03 bits per heavy atom. The predicted molar refractivity (Wildman–Crippen MR) is 134 cm³/mol. The van der Waals surface area contributed by atoms with E-state index in [9.17, 15) is 19.2 Å². The Bertz CT molecular complexity index is 915. The van der Waals surface area contributed by atoms with Gasteiger partial charge in [-0.15, -0.1) is 0 Å². The molecule has 0 heterocycles. The number of alkyl carbamates (subject to hydrolysis) is 1. The fourth-order valence-electron chi connectivity index (χ4n) is 3.66. The maximum atomic E-state index is 13.9. The van der Waals surface area contributed by atoms with Gasteiger partial charge in [0.25, 0.3) is 0 Å². The van der Waals surface area contributed by atoms with E-state index in [0.29, 0.717) is 12.0 Å². The summed E-state index contributed by atoms with van der Waals surface area (Å²) in [5, 5.41) is 5.20. The normalized spacial score (nSPS) is 13.3. The highest BCUT2D eigenvalue weighted by molar-refractivity contribution is 5.94. The van der Waals surface area contributed by atoms with Gasteiger partial charge in [-0.1, -0.05) is 25.1 Å². The molecule has 2 N–H and O–H groups in total. The molecule has 196 valence electrons. The highest BCUT2D eigenvalue weighted by Crippen LogP contribution is 2.35. The number of esters is 1. The van der Waals surface area contributed by atoms with E-state index in [1.54, 1.807) is 27.7 Å². The summed E-state index contributed by atoms with van der Waals surface area (Å²) in [7, 11) is 1.23. The molecule has 1 aromatic carbocycles. The van der Waals surface area contributed by atoms with Crippen molar-refractivity contribution in [3.63, 3.8) is 0 Å². The Morgan fingerprint density at radius 3 is 2.03 bits per heavy atom. The van der Waals surface area contributed by atoms with Crippen molar-refractivity contribution in [1.29, 1.82) is 0 Å². The van der Waals surface area contributed by atoms with Crippen LogP contribution in [0.15, 0.2) is 18.2 Å². The van der Waals surface area contributed by atoms with Gasteiger partial charge in [0, 0.05) is 5.54 Å². The number of aryl methyl sites for hydroxylation is 2. The van der Waals surface area contributed by atoms with Crippen molar-refractivity contribution in [3.8, 4) is 0 Å². The van der Waals surface area contributed by atoms with E-state index in [2.05, 4.69) is 15.4 Å². The van der Waals surface area contributed by atoms with Crippen molar-refractivity contribution >= 4 is 23.9 Å². The first-order valence-corrected chi connectivity index (χ1v) is 11.8. The average Bonchev–Trinajstić information content (AvgIpc) is 2.74. The lowest BCUT2D eigenvalue weighted by molar-refractivity contribution is -0.149. The van der Waals surface area contributed by atoms with E-state index < -0.39 is 47.1 Å². The quantitative estimate of drug-likeness (QED) is 0.511. The molecule has 35 heavy (non-hydrogen) atoms. The van der Waals surface area contributed by atoms with Gasteiger partial charge in [-0.2, -0.15) is 0 Å². The van der Waals surface area contributed by atoms with Crippen molar-refractivity contribution in [2.75, 3.05) is 13.7 Å². The Hall–Kier alpha value is -3.10. The first-order valence-electron chi connectivity index (χ1n) is 11.8. The van der Waals surface area contributed by atoms with Crippen LogP contribution in [0.2, 0.25) is 0 Å². The van der Waals surface area contributed by atoms with Crippen molar-refractivity contribution in [1.82, 2.24) is 15.5 Å². The SMILES string of the molecule is CCC(C)(C)N(C(=O)C(C)NC(=O)OC(C)(C)C)C(C(=O)NCC(=O)OC)c1c(C)cccc1C. The third-order valence-corrected chi connectivity index (χ3v) is 5.82. The monoisotopic (exact) mass is 491 g/mol. The molecule has 2 atom stereocenters. The maximum Gasteiger partial charge on any atom is 0.408 e. The molecular weight excluding hydrogens is 450 g/mol. The number of carbonyl (C=O) groups is 4. The first kappa shape index (κ1) is 29.9. The molecule has 0 aliphatic heterocycles. The van der Waals surface area contributed by atoms with E-state index >= 15 is 0 Å². The number of rotatable bonds is 9. The number of amides is 3. The van der Waals surface area contributed by atoms with Crippen molar-refractivity contribution in [2.24, 2.45) is 0 Å². The van der Waals surface area contributed by atoms with E-state index in [1.165, 1.54) is 12.0 Å². The minimum Gasteiger partial charge on any atom is -0.468 e. The molecule has 0 fully saturated rings. The first-order chi connectivity index (χ1) is 16.1. The van der Waals surface area contributed by atoms with E-state index in [0.717, 1.165) is 11.1 Å². The van der Waals surface area contributed by atoms with Crippen molar-refractivity contribution in [2.45, 2.75) is 92.0 Å². The summed E-state index contributed by atoms with van der Waals surface area (Å²) in [5.74, 6) is -1.58. The summed E-state index contributed by atoms with van der Waals surface area (Å²) in [6, 6.07) is 3.59. The van der Waals surface area contributed by atoms with Crippen LogP contribution in [0.1, 0.15) is 77.6 Å². The van der Waals surface area contributed by atoms with Gasteiger partial charge < -0.3 is 25.0 Å². The van der Waals surface area contributed by atoms with Crippen molar-refractivity contribution < 1.29 is 28.7 Å². The second kappa shape index (κ2) is 12.0. The Balaban J connectivity index is 3.57. The van der Waals surface area contributed by atoms with Crippen LogP contribution in [0.25, 0.3) is 0 Å². The summed E-state index contributed by atoms with van der Waals surface area (Å²) >= 11 is 0. The summed E-state index contributed by atoms with van der Waals surface area (Å²) in [5.41, 5.74) is 0.794. The third kappa shape index (κ3) is 8.26. The minimum absolute atomic E-state index is 0.336. The minimum atomic E-state index is -1.05. The lowest BCUT2D eigenvalue weighted by Gasteiger charge is -2.45. The second-order valence-electron chi connectivity index (χ2n) is 10.2. The second-order valence-corrected chi connectivity index (χ2v) is 10.2. The molecule has 0 bridgehead atoms. The summed E-state index contributed by atoms with van der Waals surface area (Å²) in [6.07, 6.45) is -0.199. The third-order valence-electron chi connectivity index (χ3n) is 5.82. The van der Waals surface area contributed by atoms with Crippen LogP contribution in [0.5, 0.6) is 0 Å². The molecule has 1 rings (SSSR count). The van der Waals surface area contributed by atoms with Crippen molar-refractivity contribution in [3.05, 3.63) is 34.9 Å². The standard InChI is InChI=1S/C26H41N3O6/c1-11-26(8,9)29(23(32)18(4)28-24(33)35-25(5,6)7)21(22(31)27-15-19(30)34-10)20-16(2)13-12-14-17(20)3/h12-14,18,21H,11,15H2,1-10H3,(H,27,31)(H,28,33). The van der Waals surface area contributed by atoms with Crippen LogP contribution in [-0.4, -0.2) is 59.6 Å². The molecule has 2 unspecified atom stereocenters. The van der Waals surface area contributed by atoms with Crippen LogP contribution < -0.4 is 10.6 Å². The zero-order chi connectivity index (χ0) is 27.1. The molecule has 1 aromatic rings. The molecule has 0 spiro atoms. The molecule has 0 aliphatic rings. The molecule has 3 amide bonds. The number of nitrogens with zero attached hydrogens (tertiary/aromatic N) is 1. The molecule has 0 radical (unpaired) electrons. The highest BCUT2D eigenvalue weighted by Gasteiger charge is 2.43. The lowest BCUT2D eigenvalue weighted by atomic mass is 9.88. The van der Waals surface area contributed by atoms with Gasteiger partial charge in [-0.3, -0.25) is 14.4 Å². The van der Waals surface area contributed by atoms with E-state index in [-0.39, 0.29) is 6.54 Å². The summed E-state index contributed by atoms with van der Waals surface area (Å²) in [4.78, 5) is 53.1. The van der Waals surface area contributed by atoms with E-state index in [1.807, 2.05) is 52.8 Å². The fourth-order valence-corrected chi connectivity index (χ4v) is 3.66. The number of ether oxygens (including phenoxy) is 2. The topological polar surface area (TPSA) is 114 Å². The van der Waals surface area contributed by atoms with Crippen LogP contribution in [0.3, 0.4) is 0 Å². The summed E-state index contributed by atoms with van der Waals surface area (Å²) < 4.78 is 9.96. The van der Waals surface area contributed by atoms with Gasteiger partial charge in [-0.05, 0) is 78.5 Å². The van der Waals surface area contributed by atoms with Gasteiger partial charge in [0.2, 0.25) is 11.8 Å². The van der Waals surface area contributed by atoms with Crippen LogP contribution in [0.4, 0.5) is 4.79 Å². The summed E-state index contributed by atoms with van der Waals surface area (Å²) in [6.45, 7) is 15.8. The molecule has 0 saturated carbocycles. The van der Waals surface area contributed by atoms with Gasteiger partial charge in [0.05, 0.1) is 7.11 Å². The zero-order valence-corrected chi connectivity index (χ0v) is 22.7. The molecule has 9 nitrogen and oxygen atoms in total. The van der Waals surface area contributed by atoms with Gasteiger partial charge in [0.1, 0.15) is 24.2 Å². The van der Waals surface area contributed by atoms with Crippen LogP contribution >= 0.6 is 0 Å². The van der Waals surface area contributed by atoms with Gasteiger partial charge >= 0.3 is 12.1 Å². The fraction of sp³-hybridized carbons (Fsp3) is 0.615. The van der Waals surface area contributed by atoms with Crippen LogP contribution in [-0.2, 0) is 23.9 Å². The Kier molecular flexibility index (Phi) is 10.3. The molecule has 0 saturated heterocycles. The number of carbonyl (C=O) groups excluding carboxylic acids is 4. The highest BCUT2D eigenvalue weighted by atomic mass is 16.6. The number of hydrogen-bond donors (Lipinski definition) is 2. The van der Waals surface area contributed by atoms with Gasteiger partial charge in [-0.25, -0.2) is 4.79 Å². The molecule has 0 aliphatic carbocycles. The van der Waals surface area contributed by atoms with E-state index in [4.69, 9.17) is 4.74 Å². The Morgan fingerprint density at radius 2 is 1.57 bits per heavy atom. The smallest absolute Gasteiger partial charge is 0.408 e. The lowest BCUT2D eigenvalue weighted by Crippen LogP contribution is -2.59. The van der Waals surface area contributed by atoms with Crippen LogP contribution in [0, 0.1) is 13.8 Å². The number of methoxy groups -OCH3 is 1. The molecule has 9 heteroatoms. The zero-order valence-electron chi connectivity index (χ0n) is 22.7. The maximum absolute atomic E-state index is 13.9.